The minimum Gasteiger partial charge on any atom is -0.278 e. The Kier molecular flexibility index (Phi) is 3.01. The first kappa shape index (κ1) is 12.8. The lowest BCUT2D eigenvalue weighted by Crippen LogP contribution is -2.03. The Hall–Kier alpha value is -2.87. The summed E-state index contributed by atoms with van der Waals surface area (Å²) in [5.74, 6) is 0. The average molecular weight is 284 g/mol. The first-order chi connectivity index (χ1) is 10.8. The molecule has 106 valence electrons. The minimum absolute atomic E-state index is 1.01. The van der Waals surface area contributed by atoms with Crippen molar-refractivity contribution < 1.29 is 0 Å². The van der Waals surface area contributed by atoms with E-state index in [1.165, 1.54) is 27.8 Å². The Bertz CT molecular complexity index is 831. The van der Waals surface area contributed by atoms with Gasteiger partial charge in [0.05, 0.1) is 11.4 Å². The van der Waals surface area contributed by atoms with E-state index in [0.717, 1.165) is 11.4 Å². The number of benzene rings is 3. The molecule has 4 rings (SSSR count). The van der Waals surface area contributed by atoms with Crippen LogP contribution in [0.15, 0.2) is 77.9 Å². The van der Waals surface area contributed by atoms with Gasteiger partial charge in [-0.05, 0) is 29.7 Å². The standard InChI is InChI=1S/C20H16N2/c1-14-8-2-7-13-19(14)21-22-20-17-11-5-3-9-15(17)16-10-4-6-12-18(16)20/h2-13,21H,1H3. The van der Waals surface area contributed by atoms with Gasteiger partial charge in [0.2, 0.25) is 0 Å². The smallest absolute Gasteiger partial charge is 0.0990 e. The maximum atomic E-state index is 4.70. The normalized spacial score (nSPS) is 11.8. The van der Waals surface area contributed by atoms with Gasteiger partial charge in [-0.1, -0.05) is 66.7 Å². The molecule has 3 aromatic carbocycles. The van der Waals surface area contributed by atoms with E-state index in [0.29, 0.717) is 0 Å². The fourth-order valence-corrected chi connectivity index (χ4v) is 2.93. The highest BCUT2D eigenvalue weighted by Crippen LogP contribution is 2.36. The van der Waals surface area contributed by atoms with E-state index in [9.17, 15) is 0 Å². The zero-order valence-electron chi connectivity index (χ0n) is 12.4. The SMILES string of the molecule is Cc1ccccc1NN=C1c2ccccc2-c2ccccc21. The maximum absolute atomic E-state index is 4.70. The Morgan fingerprint density at radius 2 is 1.14 bits per heavy atom. The van der Waals surface area contributed by atoms with E-state index in [1.807, 2.05) is 18.2 Å². The van der Waals surface area contributed by atoms with E-state index >= 15 is 0 Å². The average Bonchev–Trinajstić information content (AvgIpc) is 2.89. The summed E-state index contributed by atoms with van der Waals surface area (Å²) in [5, 5.41) is 4.70. The monoisotopic (exact) mass is 284 g/mol. The number of fused-ring (bicyclic) bond motifs is 3. The maximum Gasteiger partial charge on any atom is 0.0990 e. The van der Waals surface area contributed by atoms with Crippen molar-refractivity contribution >= 4 is 11.4 Å². The molecule has 0 amide bonds. The van der Waals surface area contributed by atoms with Crippen LogP contribution in [0.4, 0.5) is 5.69 Å². The van der Waals surface area contributed by atoms with Gasteiger partial charge in [-0.2, -0.15) is 5.10 Å². The van der Waals surface area contributed by atoms with E-state index < -0.39 is 0 Å². The number of aryl methyl sites for hydroxylation is 1. The predicted molar refractivity (Wildman–Crippen MR) is 92.3 cm³/mol. The molecule has 1 aliphatic rings. The first-order valence-electron chi connectivity index (χ1n) is 7.43. The van der Waals surface area contributed by atoms with Crippen LogP contribution in [0, 0.1) is 6.92 Å². The minimum atomic E-state index is 1.01. The van der Waals surface area contributed by atoms with Gasteiger partial charge < -0.3 is 0 Å². The number of nitrogens with zero attached hydrogens (tertiary/aromatic N) is 1. The number of hydrogen-bond acceptors (Lipinski definition) is 2. The lowest BCUT2D eigenvalue weighted by Gasteiger charge is -2.06. The topological polar surface area (TPSA) is 24.4 Å². The Labute approximate surface area is 130 Å². The highest BCUT2D eigenvalue weighted by Gasteiger charge is 2.23. The van der Waals surface area contributed by atoms with Crippen LogP contribution < -0.4 is 5.43 Å². The molecule has 0 saturated heterocycles. The van der Waals surface area contributed by atoms with Gasteiger partial charge in [0.1, 0.15) is 0 Å². The van der Waals surface area contributed by atoms with Gasteiger partial charge in [0.25, 0.3) is 0 Å². The van der Waals surface area contributed by atoms with Crippen molar-refractivity contribution in [3.8, 4) is 11.1 Å². The third-order valence-corrected chi connectivity index (χ3v) is 4.09. The fourth-order valence-electron chi connectivity index (χ4n) is 2.93. The number of para-hydroxylation sites is 1. The van der Waals surface area contributed by atoms with E-state index in [4.69, 9.17) is 5.10 Å². The van der Waals surface area contributed by atoms with Crippen LogP contribution in [0.25, 0.3) is 11.1 Å². The molecule has 0 fully saturated rings. The number of nitrogens with one attached hydrogen (secondary N) is 1. The lowest BCUT2D eigenvalue weighted by atomic mass is 10.1. The summed E-state index contributed by atoms with van der Waals surface area (Å²) >= 11 is 0. The number of hydrogen-bond donors (Lipinski definition) is 1. The third kappa shape index (κ3) is 2.01. The molecule has 0 spiro atoms. The highest BCUT2D eigenvalue weighted by atomic mass is 15.3. The summed E-state index contributed by atoms with van der Waals surface area (Å²) in [7, 11) is 0. The van der Waals surface area contributed by atoms with Crippen molar-refractivity contribution in [2.24, 2.45) is 5.10 Å². The van der Waals surface area contributed by atoms with Crippen LogP contribution in [0.3, 0.4) is 0 Å². The van der Waals surface area contributed by atoms with Crippen LogP contribution >= 0.6 is 0 Å². The highest BCUT2D eigenvalue weighted by molar-refractivity contribution is 6.24. The first-order valence-corrected chi connectivity index (χ1v) is 7.43. The summed E-state index contributed by atoms with van der Waals surface area (Å²) in [5.41, 5.74) is 11.3. The van der Waals surface area contributed by atoms with Gasteiger partial charge in [-0.3, -0.25) is 5.43 Å². The van der Waals surface area contributed by atoms with Crippen molar-refractivity contribution in [1.29, 1.82) is 0 Å². The number of anilines is 1. The fraction of sp³-hybridized carbons (Fsp3) is 0.0500. The summed E-state index contributed by atoms with van der Waals surface area (Å²) in [4.78, 5) is 0. The largest absolute Gasteiger partial charge is 0.278 e. The molecule has 0 bridgehead atoms. The molecule has 2 heteroatoms. The van der Waals surface area contributed by atoms with E-state index in [2.05, 4.69) is 66.9 Å². The molecular formula is C20H16N2. The quantitative estimate of drug-likeness (QED) is 0.523. The second-order valence-corrected chi connectivity index (χ2v) is 5.48. The van der Waals surface area contributed by atoms with Gasteiger partial charge in [0, 0.05) is 11.1 Å². The molecule has 0 radical (unpaired) electrons. The number of hydrazone groups is 1. The van der Waals surface area contributed by atoms with Crippen molar-refractivity contribution in [2.45, 2.75) is 6.92 Å². The molecule has 0 unspecified atom stereocenters. The molecule has 3 aromatic rings. The Morgan fingerprint density at radius 1 is 0.636 bits per heavy atom. The zero-order valence-corrected chi connectivity index (χ0v) is 12.4. The predicted octanol–water partition coefficient (Wildman–Crippen LogP) is 4.84. The van der Waals surface area contributed by atoms with Gasteiger partial charge in [-0.15, -0.1) is 0 Å². The van der Waals surface area contributed by atoms with E-state index in [1.54, 1.807) is 0 Å². The molecule has 1 aliphatic carbocycles. The molecule has 0 saturated carbocycles. The molecule has 1 N–H and O–H groups in total. The van der Waals surface area contributed by atoms with Crippen molar-refractivity contribution in [3.63, 3.8) is 0 Å². The second-order valence-electron chi connectivity index (χ2n) is 5.48. The summed E-state index contributed by atoms with van der Waals surface area (Å²) in [6.07, 6.45) is 0. The lowest BCUT2D eigenvalue weighted by molar-refractivity contribution is 1.30. The van der Waals surface area contributed by atoms with Crippen molar-refractivity contribution in [3.05, 3.63) is 89.5 Å². The summed E-state index contributed by atoms with van der Waals surface area (Å²) in [6.45, 7) is 2.08. The van der Waals surface area contributed by atoms with Crippen LogP contribution in [0.2, 0.25) is 0 Å². The van der Waals surface area contributed by atoms with Gasteiger partial charge >= 0.3 is 0 Å². The molecular weight excluding hydrogens is 268 g/mol. The van der Waals surface area contributed by atoms with Crippen LogP contribution in [0.1, 0.15) is 16.7 Å². The molecule has 0 heterocycles. The third-order valence-electron chi connectivity index (χ3n) is 4.09. The van der Waals surface area contributed by atoms with Crippen LogP contribution in [-0.2, 0) is 0 Å². The molecule has 2 nitrogen and oxygen atoms in total. The van der Waals surface area contributed by atoms with Crippen LogP contribution in [-0.4, -0.2) is 5.71 Å². The number of rotatable bonds is 2. The second kappa shape index (κ2) is 5.15. The molecule has 0 atom stereocenters. The summed E-state index contributed by atoms with van der Waals surface area (Å²) < 4.78 is 0. The van der Waals surface area contributed by atoms with Crippen molar-refractivity contribution in [1.82, 2.24) is 0 Å². The van der Waals surface area contributed by atoms with E-state index in [-0.39, 0.29) is 0 Å². The van der Waals surface area contributed by atoms with Crippen molar-refractivity contribution in [2.75, 3.05) is 5.43 Å². The van der Waals surface area contributed by atoms with Gasteiger partial charge in [-0.25, -0.2) is 0 Å². The van der Waals surface area contributed by atoms with Crippen LogP contribution in [0.5, 0.6) is 0 Å². The molecule has 0 aliphatic heterocycles. The Balaban J connectivity index is 1.82. The zero-order chi connectivity index (χ0) is 14.9. The molecule has 22 heavy (non-hydrogen) atoms. The van der Waals surface area contributed by atoms with Gasteiger partial charge in [0.15, 0.2) is 0 Å². The molecule has 0 aromatic heterocycles. The Morgan fingerprint density at radius 3 is 1.73 bits per heavy atom. The summed E-state index contributed by atoms with van der Waals surface area (Å²) in [6, 6.07) is 25.0.